The summed E-state index contributed by atoms with van der Waals surface area (Å²) < 4.78 is 1.84. The number of nitrogens with zero attached hydrogens (tertiary/aromatic N) is 4. The van der Waals surface area contributed by atoms with Crippen LogP contribution in [0.4, 0.5) is 5.69 Å². The van der Waals surface area contributed by atoms with Crippen molar-refractivity contribution < 1.29 is 0 Å². The van der Waals surface area contributed by atoms with E-state index in [2.05, 4.69) is 38.5 Å². The van der Waals surface area contributed by atoms with Crippen LogP contribution >= 0.6 is 12.2 Å². The van der Waals surface area contributed by atoms with E-state index in [0.29, 0.717) is 11.2 Å². The average Bonchev–Trinajstić information content (AvgIpc) is 3.29. The number of nitrogens with one attached hydrogen (secondary N) is 2. The smallest absolute Gasteiger partial charge is 0.170 e. The predicted octanol–water partition coefficient (Wildman–Crippen LogP) is 2.43. The highest BCUT2D eigenvalue weighted by Crippen LogP contribution is 2.36. The topological polar surface area (TPSA) is 48.4 Å². The minimum atomic E-state index is 0.555. The van der Waals surface area contributed by atoms with Gasteiger partial charge in [-0.05, 0) is 80.8 Å². The first-order valence-electron chi connectivity index (χ1n) is 10.6. The molecule has 3 aliphatic rings. The van der Waals surface area contributed by atoms with Crippen LogP contribution in [0.5, 0.6) is 0 Å². The number of hydrogen-bond acceptors (Lipinski definition) is 4. The summed E-state index contributed by atoms with van der Waals surface area (Å²) in [6, 6.07) is 10.6. The Hall–Kier alpha value is -2.40. The van der Waals surface area contributed by atoms with E-state index in [1.807, 2.05) is 41.2 Å². The van der Waals surface area contributed by atoms with Crippen LogP contribution in [0.25, 0.3) is 5.69 Å². The third kappa shape index (κ3) is 5.01. The summed E-state index contributed by atoms with van der Waals surface area (Å²) in [5, 5.41) is 11.6. The van der Waals surface area contributed by atoms with Crippen molar-refractivity contribution in [3.63, 3.8) is 0 Å². The molecule has 2 N–H and O–H groups in total. The lowest BCUT2D eigenvalue weighted by molar-refractivity contribution is -0.00646. The zero-order valence-electron chi connectivity index (χ0n) is 17.5. The highest BCUT2D eigenvalue weighted by Gasteiger charge is 2.40. The lowest BCUT2D eigenvalue weighted by atomic mass is 9.75. The Morgan fingerprint density at radius 2 is 2.20 bits per heavy atom. The molecule has 6 nitrogen and oxygen atoms in total. The summed E-state index contributed by atoms with van der Waals surface area (Å²) in [5.41, 5.74) is 2.00. The maximum atomic E-state index is 5.53. The predicted molar refractivity (Wildman–Crippen MR) is 126 cm³/mol. The van der Waals surface area contributed by atoms with Gasteiger partial charge in [0.2, 0.25) is 0 Å². The van der Waals surface area contributed by atoms with E-state index in [0.717, 1.165) is 42.8 Å². The largest absolute Gasteiger partial charge is 0.361 e. The van der Waals surface area contributed by atoms with Crippen molar-refractivity contribution >= 4 is 23.0 Å². The number of thiocarbonyl (C=S) groups is 1. The highest BCUT2D eigenvalue weighted by atomic mass is 32.1. The minimum absolute atomic E-state index is 0.555. The monoisotopic (exact) mass is 422 g/mol. The Morgan fingerprint density at radius 3 is 2.87 bits per heavy atom. The molecular formula is C23H30N6S. The van der Waals surface area contributed by atoms with Crippen LogP contribution in [0.3, 0.4) is 0 Å². The molecule has 0 saturated carbocycles. The Morgan fingerprint density at radius 1 is 1.37 bits per heavy atom. The molecule has 0 spiro atoms. The number of benzene rings is 1. The van der Waals surface area contributed by atoms with E-state index >= 15 is 0 Å². The second-order valence-electron chi connectivity index (χ2n) is 8.43. The molecule has 4 heterocycles. The SMILES string of the molecule is C#CCN(C)C[C@@H]1CN2CC[C@H]1C[C@@H]2CNC(=S)Nc1ccc(-n2cccn2)cc1. The minimum Gasteiger partial charge on any atom is -0.361 e. The third-order valence-corrected chi connectivity index (χ3v) is 6.56. The van der Waals surface area contributed by atoms with Crippen molar-refractivity contribution in [2.24, 2.45) is 11.8 Å². The van der Waals surface area contributed by atoms with E-state index in [1.165, 1.54) is 25.9 Å². The number of hydrogen-bond donors (Lipinski definition) is 2. The van der Waals surface area contributed by atoms with E-state index in [-0.39, 0.29) is 0 Å². The van der Waals surface area contributed by atoms with Gasteiger partial charge in [0.25, 0.3) is 0 Å². The molecule has 0 amide bonds. The van der Waals surface area contributed by atoms with Gasteiger partial charge in [-0.3, -0.25) is 9.80 Å². The first kappa shape index (κ1) is 20.9. The Labute approximate surface area is 184 Å². The lowest BCUT2D eigenvalue weighted by Gasteiger charge is -2.50. The molecule has 3 aliphatic heterocycles. The molecule has 3 fully saturated rings. The number of terminal acetylenes is 1. The van der Waals surface area contributed by atoms with Crippen LogP contribution in [-0.4, -0.2) is 70.5 Å². The lowest BCUT2D eigenvalue weighted by Crippen LogP contribution is -2.58. The van der Waals surface area contributed by atoms with Gasteiger partial charge in [0.1, 0.15) is 0 Å². The molecule has 3 saturated heterocycles. The van der Waals surface area contributed by atoms with Gasteiger partial charge in [0.15, 0.2) is 5.11 Å². The van der Waals surface area contributed by atoms with Crippen molar-refractivity contribution in [1.29, 1.82) is 0 Å². The summed E-state index contributed by atoms with van der Waals surface area (Å²) >= 11 is 5.53. The molecule has 0 radical (unpaired) electrons. The van der Waals surface area contributed by atoms with Crippen molar-refractivity contribution in [1.82, 2.24) is 24.9 Å². The van der Waals surface area contributed by atoms with E-state index in [4.69, 9.17) is 18.6 Å². The first-order chi connectivity index (χ1) is 14.6. The van der Waals surface area contributed by atoms with E-state index in [1.54, 1.807) is 6.20 Å². The van der Waals surface area contributed by atoms with Crippen LogP contribution in [-0.2, 0) is 0 Å². The van der Waals surface area contributed by atoms with Gasteiger partial charge in [-0.15, -0.1) is 6.42 Å². The zero-order chi connectivity index (χ0) is 20.9. The quantitative estimate of drug-likeness (QED) is 0.528. The molecule has 158 valence electrons. The van der Waals surface area contributed by atoms with Gasteiger partial charge in [-0.25, -0.2) is 4.68 Å². The normalized spacial score (nSPS) is 25.1. The molecule has 1 unspecified atom stereocenters. The molecule has 30 heavy (non-hydrogen) atoms. The fraction of sp³-hybridized carbons (Fsp3) is 0.478. The van der Waals surface area contributed by atoms with E-state index < -0.39 is 0 Å². The number of fused-ring (bicyclic) bond motifs is 3. The van der Waals surface area contributed by atoms with Crippen LogP contribution in [0, 0.1) is 24.2 Å². The highest BCUT2D eigenvalue weighted by molar-refractivity contribution is 7.80. The van der Waals surface area contributed by atoms with Gasteiger partial charge >= 0.3 is 0 Å². The Kier molecular flexibility index (Phi) is 6.68. The zero-order valence-corrected chi connectivity index (χ0v) is 18.3. The molecule has 2 bridgehead atoms. The molecular weight excluding hydrogens is 392 g/mol. The van der Waals surface area contributed by atoms with Crippen molar-refractivity contribution in [2.75, 3.05) is 45.1 Å². The van der Waals surface area contributed by atoms with Crippen molar-refractivity contribution in [2.45, 2.75) is 18.9 Å². The summed E-state index contributed by atoms with van der Waals surface area (Å²) in [6.45, 7) is 5.08. The molecule has 1 aromatic heterocycles. The van der Waals surface area contributed by atoms with Gasteiger partial charge < -0.3 is 10.6 Å². The number of rotatable bonds is 7. The van der Waals surface area contributed by atoms with Gasteiger partial charge in [-0.1, -0.05) is 5.92 Å². The fourth-order valence-electron chi connectivity index (χ4n) is 4.79. The molecule has 7 heteroatoms. The second-order valence-corrected chi connectivity index (χ2v) is 8.83. The second kappa shape index (κ2) is 9.61. The van der Waals surface area contributed by atoms with Gasteiger partial charge in [0.05, 0.1) is 12.2 Å². The van der Waals surface area contributed by atoms with Crippen LogP contribution < -0.4 is 10.6 Å². The van der Waals surface area contributed by atoms with E-state index in [9.17, 15) is 0 Å². The maximum absolute atomic E-state index is 5.53. The number of anilines is 1. The average molecular weight is 423 g/mol. The number of aromatic nitrogens is 2. The van der Waals surface area contributed by atoms with Gasteiger partial charge in [-0.2, -0.15) is 5.10 Å². The summed E-state index contributed by atoms with van der Waals surface area (Å²) in [4.78, 5) is 4.90. The Balaban J connectivity index is 1.23. The summed E-state index contributed by atoms with van der Waals surface area (Å²) in [5.74, 6) is 4.27. The van der Waals surface area contributed by atoms with Crippen molar-refractivity contribution in [3.8, 4) is 18.0 Å². The standard InChI is InChI=1S/C23H30N6S/c1-3-11-27(2)16-19-17-28-13-9-18(19)14-22(28)15-24-23(30)26-20-5-7-21(8-6-20)29-12-4-10-25-29/h1,4-8,10,12,18-19,22H,9,11,13-17H2,2H3,(H2,24,26,30)/t18-,19+,22+/m0/s1. The Bertz CT molecular complexity index is 872. The summed E-state index contributed by atoms with van der Waals surface area (Å²) in [6.07, 6.45) is 11.7. The fourth-order valence-corrected chi connectivity index (χ4v) is 5.00. The third-order valence-electron chi connectivity index (χ3n) is 6.31. The molecule has 2 aromatic rings. The molecule has 4 atom stereocenters. The molecule has 5 rings (SSSR count). The summed E-state index contributed by atoms with van der Waals surface area (Å²) in [7, 11) is 2.13. The first-order valence-corrected chi connectivity index (χ1v) is 11.0. The van der Waals surface area contributed by atoms with Crippen molar-refractivity contribution in [3.05, 3.63) is 42.7 Å². The number of piperidine rings is 3. The molecule has 0 aliphatic carbocycles. The van der Waals surface area contributed by atoms with Crippen LogP contribution in [0.15, 0.2) is 42.7 Å². The molecule has 1 aromatic carbocycles. The van der Waals surface area contributed by atoms with Gasteiger partial charge in [0, 0.05) is 43.8 Å². The van der Waals surface area contributed by atoms with Crippen LogP contribution in [0.2, 0.25) is 0 Å². The van der Waals surface area contributed by atoms with Crippen LogP contribution in [0.1, 0.15) is 12.8 Å². The maximum Gasteiger partial charge on any atom is 0.170 e.